The van der Waals surface area contributed by atoms with E-state index >= 15 is 0 Å². The van der Waals surface area contributed by atoms with Gasteiger partial charge in [0.05, 0.1) is 13.2 Å². The quantitative estimate of drug-likeness (QED) is 0.785. The molecule has 94 valence electrons. The third-order valence-electron chi connectivity index (χ3n) is 2.04. The largest absolute Gasteiger partial charge is 0.461 e. The van der Waals surface area contributed by atoms with Gasteiger partial charge in [0, 0.05) is 6.42 Å². The van der Waals surface area contributed by atoms with Gasteiger partial charge in [-0.1, -0.05) is 6.92 Å². The molecule has 1 heterocycles. The molecule has 0 fully saturated rings. The Morgan fingerprint density at radius 1 is 1.12 bits per heavy atom. The number of carbonyl (C=O) groups excluding carboxylic acids is 2. The lowest BCUT2D eigenvalue weighted by Crippen LogP contribution is -2.13. The van der Waals surface area contributed by atoms with Crippen molar-refractivity contribution in [2.45, 2.75) is 27.2 Å². The van der Waals surface area contributed by atoms with E-state index in [1.165, 1.54) is 0 Å². The molecule has 0 atom stereocenters. The number of H-pyrrole nitrogens is 1. The molecule has 0 unspecified atom stereocenters. The van der Waals surface area contributed by atoms with Gasteiger partial charge in [0.25, 0.3) is 0 Å². The van der Waals surface area contributed by atoms with Gasteiger partial charge in [-0.15, -0.1) is 0 Å². The monoisotopic (exact) mass is 240 g/mol. The lowest BCUT2D eigenvalue weighted by molar-refractivity contribution is 0.0471. The Hall–Kier alpha value is -1.85. The molecule has 1 aromatic rings. The molecule has 1 aromatic heterocycles. The number of nitrogens with zero attached hydrogens (tertiary/aromatic N) is 1. The van der Waals surface area contributed by atoms with Crippen molar-refractivity contribution < 1.29 is 19.1 Å². The van der Waals surface area contributed by atoms with Gasteiger partial charge in [-0.2, -0.15) is 0 Å². The van der Waals surface area contributed by atoms with Gasteiger partial charge in [0.15, 0.2) is 11.4 Å². The number of hydrogen-bond acceptors (Lipinski definition) is 5. The molecule has 17 heavy (non-hydrogen) atoms. The Bertz CT molecular complexity index is 376. The van der Waals surface area contributed by atoms with Crippen molar-refractivity contribution in [3.8, 4) is 0 Å². The zero-order valence-corrected chi connectivity index (χ0v) is 10.2. The second kappa shape index (κ2) is 6.03. The van der Waals surface area contributed by atoms with E-state index in [4.69, 9.17) is 9.47 Å². The maximum Gasteiger partial charge on any atom is 0.359 e. The molecule has 0 aliphatic heterocycles. The average molecular weight is 240 g/mol. The number of aromatic nitrogens is 2. The van der Waals surface area contributed by atoms with E-state index in [1.807, 2.05) is 6.92 Å². The summed E-state index contributed by atoms with van der Waals surface area (Å²) >= 11 is 0. The zero-order chi connectivity index (χ0) is 12.8. The number of rotatable bonds is 5. The van der Waals surface area contributed by atoms with Crippen molar-refractivity contribution in [1.82, 2.24) is 9.97 Å². The summed E-state index contributed by atoms with van der Waals surface area (Å²) in [6.07, 6.45) is 0.589. The van der Waals surface area contributed by atoms with E-state index in [0.29, 0.717) is 12.2 Å². The molecule has 0 spiro atoms. The van der Waals surface area contributed by atoms with Crippen LogP contribution in [0.2, 0.25) is 0 Å². The first-order valence-electron chi connectivity index (χ1n) is 5.57. The highest BCUT2D eigenvalue weighted by Gasteiger charge is 2.24. The van der Waals surface area contributed by atoms with Crippen molar-refractivity contribution in [2.75, 3.05) is 13.2 Å². The number of nitrogens with one attached hydrogen (secondary N) is 1. The molecule has 1 rings (SSSR count). The normalized spacial score (nSPS) is 10.1. The number of hydrogen-bond donors (Lipinski definition) is 1. The molecule has 0 aliphatic carbocycles. The number of aryl methyl sites for hydroxylation is 1. The SMILES string of the molecule is CCOC(=O)c1nc(CC)[nH]c1C(=O)OCC. The number of imidazole rings is 1. The fourth-order valence-electron chi connectivity index (χ4n) is 1.29. The Morgan fingerprint density at radius 2 is 1.71 bits per heavy atom. The van der Waals surface area contributed by atoms with Gasteiger partial charge in [-0.25, -0.2) is 14.6 Å². The highest BCUT2D eigenvalue weighted by Crippen LogP contribution is 2.10. The number of aromatic amines is 1. The van der Waals surface area contributed by atoms with Crippen LogP contribution in [-0.4, -0.2) is 35.1 Å². The molecule has 0 aromatic carbocycles. The topological polar surface area (TPSA) is 81.3 Å². The molecule has 0 radical (unpaired) electrons. The lowest BCUT2D eigenvalue weighted by atomic mass is 10.3. The first kappa shape index (κ1) is 13.2. The molecule has 0 bridgehead atoms. The van der Waals surface area contributed by atoms with Crippen LogP contribution in [0.5, 0.6) is 0 Å². The van der Waals surface area contributed by atoms with Crippen LogP contribution in [0.1, 0.15) is 47.6 Å². The summed E-state index contributed by atoms with van der Waals surface area (Å²) in [7, 11) is 0. The van der Waals surface area contributed by atoms with Crippen LogP contribution >= 0.6 is 0 Å². The zero-order valence-electron chi connectivity index (χ0n) is 10.2. The van der Waals surface area contributed by atoms with Crippen molar-refractivity contribution in [3.63, 3.8) is 0 Å². The fourth-order valence-corrected chi connectivity index (χ4v) is 1.29. The van der Waals surface area contributed by atoms with Crippen LogP contribution in [0.15, 0.2) is 0 Å². The standard InChI is InChI=1S/C11H16N2O4/c1-4-7-12-8(10(14)16-5-2)9(13-7)11(15)17-6-3/h4-6H2,1-3H3,(H,12,13). The predicted octanol–water partition coefficient (Wildman–Crippen LogP) is 1.33. The molecule has 0 amide bonds. The summed E-state index contributed by atoms with van der Waals surface area (Å²) in [6.45, 7) is 5.72. The summed E-state index contributed by atoms with van der Waals surface area (Å²) in [4.78, 5) is 30.0. The fraction of sp³-hybridized carbons (Fsp3) is 0.545. The minimum Gasteiger partial charge on any atom is -0.461 e. The third-order valence-corrected chi connectivity index (χ3v) is 2.04. The number of ether oxygens (including phenoxy) is 2. The van der Waals surface area contributed by atoms with Crippen molar-refractivity contribution >= 4 is 11.9 Å². The average Bonchev–Trinajstić information content (AvgIpc) is 2.73. The Morgan fingerprint density at radius 3 is 2.24 bits per heavy atom. The molecule has 0 saturated carbocycles. The minimum absolute atomic E-state index is 0.0119. The van der Waals surface area contributed by atoms with Crippen molar-refractivity contribution in [2.24, 2.45) is 0 Å². The molecular formula is C11H16N2O4. The first-order chi connectivity index (χ1) is 8.13. The summed E-state index contributed by atoms with van der Waals surface area (Å²) in [6, 6.07) is 0. The summed E-state index contributed by atoms with van der Waals surface area (Å²) in [5.74, 6) is -0.662. The molecule has 6 heteroatoms. The molecular weight excluding hydrogens is 224 g/mol. The van der Waals surface area contributed by atoms with Crippen LogP contribution in [0.3, 0.4) is 0 Å². The summed E-state index contributed by atoms with van der Waals surface area (Å²) in [5, 5.41) is 0. The van der Waals surface area contributed by atoms with Gasteiger partial charge in [0.1, 0.15) is 5.82 Å². The van der Waals surface area contributed by atoms with Crippen molar-refractivity contribution in [3.05, 3.63) is 17.2 Å². The third kappa shape index (κ3) is 3.05. The van der Waals surface area contributed by atoms with Crippen LogP contribution in [-0.2, 0) is 15.9 Å². The molecule has 0 saturated heterocycles. The van der Waals surface area contributed by atoms with Crippen LogP contribution in [0, 0.1) is 0 Å². The number of esters is 2. The highest BCUT2D eigenvalue weighted by atomic mass is 16.5. The summed E-state index contributed by atoms with van der Waals surface area (Å²) in [5.41, 5.74) is 0.0456. The Balaban J connectivity index is 3.05. The minimum atomic E-state index is -0.619. The van der Waals surface area contributed by atoms with Crippen LogP contribution in [0.25, 0.3) is 0 Å². The van der Waals surface area contributed by atoms with E-state index < -0.39 is 11.9 Å². The maximum absolute atomic E-state index is 11.6. The second-order valence-corrected chi connectivity index (χ2v) is 3.20. The van der Waals surface area contributed by atoms with E-state index in [-0.39, 0.29) is 24.6 Å². The first-order valence-corrected chi connectivity index (χ1v) is 5.57. The van der Waals surface area contributed by atoms with Crippen LogP contribution < -0.4 is 0 Å². The highest BCUT2D eigenvalue weighted by molar-refractivity contribution is 6.00. The van der Waals surface area contributed by atoms with E-state index in [1.54, 1.807) is 13.8 Å². The van der Waals surface area contributed by atoms with E-state index in [9.17, 15) is 9.59 Å². The molecule has 6 nitrogen and oxygen atoms in total. The van der Waals surface area contributed by atoms with E-state index in [2.05, 4.69) is 9.97 Å². The van der Waals surface area contributed by atoms with Gasteiger partial charge >= 0.3 is 11.9 Å². The van der Waals surface area contributed by atoms with Gasteiger partial charge in [-0.05, 0) is 13.8 Å². The maximum atomic E-state index is 11.6. The summed E-state index contributed by atoms with van der Waals surface area (Å²) < 4.78 is 9.66. The Labute approximate surface area is 99.3 Å². The number of carbonyl (C=O) groups is 2. The van der Waals surface area contributed by atoms with Crippen LogP contribution in [0.4, 0.5) is 0 Å². The van der Waals surface area contributed by atoms with E-state index in [0.717, 1.165) is 0 Å². The van der Waals surface area contributed by atoms with Gasteiger partial charge in [-0.3, -0.25) is 0 Å². The molecule has 1 N–H and O–H groups in total. The lowest BCUT2D eigenvalue weighted by Gasteiger charge is -2.01. The van der Waals surface area contributed by atoms with Gasteiger partial charge in [0.2, 0.25) is 0 Å². The smallest absolute Gasteiger partial charge is 0.359 e. The van der Waals surface area contributed by atoms with Gasteiger partial charge < -0.3 is 14.5 Å². The molecule has 0 aliphatic rings. The predicted molar refractivity (Wildman–Crippen MR) is 59.9 cm³/mol. The van der Waals surface area contributed by atoms with Crippen molar-refractivity contribution in [1.29, 1.82) is 0 Å². The second-order valence-electron chi connectivity index (χ2n) is 3.20. The Kier molecular flexibility index (Phi) is 4.68.